The Labute approximate surface area is 384 Å². The number of aromatic amines is 1. The van der Waals surface area contributed by atoms with E-state index >= 15 is 0 Å². The van der Waals surface area contributed by atoms with Crippen LogP contribution < -0.4 is 43.4 Å². The van der Waals surface area contributed by atoms with Gasteiger partial charge < -0.3 is 58.4 Å². The number of nitrogens with one attached hydrogen (secondary N) is 7. The fourth-order valence-corrected chi connectivity index (χ4v) is 9.31. The number of hydrogen-bond acceptors (Lipinski definition) is 9. The number of carbonyl (C=O) groups excluding carboxylic acids is 7. The minimum Gasteiger partial charge on any atom is -0.390 e. The van der Waals surface area contributed by atoms with Crippen LogP contribution in [0.1, 0.15) is 88.7 Å². The van der Waals surface area contributed by atoms with Gasteiger partial charge >= 0.3 is 0 Å². The molecule has 3 aliphatic rings. The summed E-state index contributed by atoms with van der Waals surface area (Å²) in [6.45, 7) is 1.46. The molecule has 19 nitrogen and oxygen atoms in total. The Morgan fingerprint density at radius 3 is 2.27 bits per heavy atom. The monoisotopic (exact) mass is 912 g/mol. The molecule has 3 heterocycles. The standard InChI is InChI=1S/C47H65N11O8/c1-28(59)53-36(24-29-12-4-2-5-13-29)42(62)55-35-19-11-21-50-41(61)34(18-10-22-51-47(48)49)54-44(64)38(26-31-27-52-33-17-9-8-16-32(31)33)56-43(63)37(25-30-14-6-3-7-15-30)57-45(65)40-39(60)20-23-58(40)46(35)66/h2,4-5,8-9,12-13,16-17,27,30,34-40,52,60H,3,6-7,10-11,14-15,18-26H2,1H3,(H,50,61)(H,53,59)(H,54,64)(H,55,62)(H,56,63)(H,57,65)(H4,48,49,51)/t34-,35-,36-,37+,38-,39-,40-/m0/s1. The van der Waals surface area contributed by atoms with Crippen molar-refractivity contribution in [2.24, 2.45) is 22.4 Å². The lowest BCUT2D eigenvalue weighted by atomic mass is 9.84. The number of nitrogens with zero attached hydrogens (tertiary/aromatic N) is 2. The van der Waals surface area contributed by atoms with Crippen LogP contribution in [0.4, 0.5) is 0 Å². The van der Waals surface area contributed by atoms with E-state index in [9.17, 15) is 38.7 Å². The van der Waals surface area contributed by atoms with E-state index in [2.05, 4.69) is 41.9 Å². The SMILES string of the molecule is CC(=O)N[C@@H](Cc1ccccc1)C(=O)N[C@H]1CCCNC(=O)[C@H](CCCN=C(N)N)NC(=O)[C@H](Cc2c[nH]c3ccccc23)NC(=O)[C@@H](CC2CCCCC2)NC(=O)[C@@H]2[C@@H](O)CCN2C1=O. The van der Waals surface area contributed by atoms with Crippen molar-refractivity contribution in [2.45, 2.75) is 133 Å². The number of nitrogens with two attached hydrogens (primary N) is 2. The van der Waals surface area contributed by atoms with Crippen LogP contribution in [-0.4, -0.2) is 124 Å². The highest BCUT2D eigenvalue weighted by Crippen LogP contribution is 2.29. The number of aliphatic imine (C=N–C) groups is 1. The van der Waals surface area contributed by atoms with Crippen molar-refractivity contribution < 1.29 is 38.7 Å². The van der Waals surface area contributed by atoms with E-state index in [0.29, 0.717) is 6.42 Å². The molecule has 0 bridgehead atoms. The van der Waals surface area contributed by atoms with Gasteiger partial charge in [0.25, 0.3) is 0 Å². The summed E-state index contributed by atoms with van der Waals surface area (Å²) in [6, 6.07) is 9.42. The predicted molar refractivity (Wildman–Crippen MR) is 247 cm³/mol. The van der Waals surface area contributed by atoms with E-state index in [0.717, 1.165) is 54.1 Å². The first-order valence-electron chi connectivity index (χ1n) is 23.2. The van der Waals surface area contributed by atoms with Crippen molar-refractivity contribution in [1.82, 2.24) is 41.8 Å². The van der Waals surface area contributed by atoms with Gasteiger partial charge in [-0.3, -0.25) is 38.6 Å². The van der Waals surface area contributed by atoms with Gasteiger partial charge in [-0.15, -0.1) is 0 Å². The van der Waals surface area contributed by atoms with Gasteiger partial charge in [0.05, 0.1) is 6.10 Å². The quantitative estimate of drug-likeness (QED) is 0.0636. The molecule has 7 atom stereocenters. The maximum atomic E-state index is 14.6. The third-order valence-electron chi connectivity index (χ3n) is 12.7. The molecule has 0 radical (unpaired) electrons. The number of aromatic nitrogens is 1. The molecular weight excluding hydrogens is 847 g/mol. The molecule has 12 N–H and O–H groups in total. The van der Waals surface area contributed by atoms with Crippen LogP contribution >= 0.6 is 0 Å². The topological polar surface area (TPSA) is 295 Å². The molecule has 66 heavy (non-hydrogen) atoms. The Morgan fingerprint density at radius 1 is 0.833 bits per heavy atom. The first kappa shape index (κ1) is 48.9. The number of carbonyl (C=O) groups is 7. The predicted octanol–water partition coefficient (Wildman–Crippen LogP) is 0.293. The molecular formula is C47H65N11O8. The van der Waals surface area contributed by atoms with Gasteiger partial charge in [0.1, 0.15) is 36.3 Å². The van der Waals surface area contributed by atoms with E-state index in [4.69, 9.17) is 11.5 Å². The number of fused-ring (bicyclic) bond motifs is 2. The Balaban J connectivity index is 1.33. The number of benzene rings is 2. The molecule has 3 fully saturated rings. The summed E-state index contributed by atoms with van der Waals surface area (Å²) in [5, 5.41) is 29.1. The second-order valence-corrected chi connectivity index (χ2v) is 17.7. The van der Waals surface area contributed by atoms with Gasteiger partial charge in [-0.05, 0) is 61.6 Å². The van der Waals surface area contributed by atoms with Crippen LogP contribution in [0, 0.1) is 5.92 Å². The summed E-state index contributed by atoms with van der Waals surface area (Å²) in [5.41, 5.74) is 13.4. The van der Waals surface area contributed by atoms with Crippen LogP contribution in [0.2, 0.25) is 0 Å². The van der Waals surface area contributed by atoms with Crippen molar-refractivity contribution in [3.63, 3.8) is 0 Å². The zero-order valence-electron chi connectivity index (χ0n) is 37.6. The molecule has 3 aromatic rings. The summed E-state index contributed by atoms with van der Waals surface area (Å²) in [7, 11) is 0. The molecule has 6 rings (SSSR count). The average Bonchev–Trinajstić information content (AvgIpc) is 3.90. The molecule has 7 amide bonds. The van der Waals surface area contributed by atoms with Crippen LogP contribution in [0.3, 0.4) is 0 Å². The Bertz CT molecular complexity index is 2210. The van der Waals surface area contributed by atoms with Crippen LogP contribution in [0.5, 0.6) is 0 Å². The highest BCUT2D eigenvalue weighted by atomic mass is 16.3. The van der Waals surface area contributed by atoms with Gasteiger partial charge in [-0.25, -0.2) is 0 Å². The Morgan fingerprint density at radius 2 is 1.53 bits per heavy atom. The van der Waals surface area contributed by atoms with E-state index < -0.39 is 83.7 Å². The fraction of sp³-hybridized carbons (Fsp3) is 0.532. The Kier molecular flexibility index (Phi) is 17.5. The summed E-state index contributed by atoms with van der Waals surface area (Å²) >= 11 is 0. The maximum absolute atomic E-state index is 14.6. The first-order valence-corrected chi connectivity index (χ1v) is 23.2. The molecule has 1 aliphatic carbocycles. The zero-order valence-corrected chi connectivity index (χ0v) is 37.6. The molecule has 0 unspecified atom stereocenters. The lowest BCUT2D eigenvalue weighted by Crippen LogP contribution is -2.61. The van der Waals surface area contributed by atoms with Crippen molar-refractivity contribution >= 4 is 58.2 Å². The largest absolute Gasteiger partial charge is 0.390 e. The minimum atomic E-state index is -1.40. The minimum absolute atomic E-state index is 0.00909. The highest BCUT2D eigenvalue weighted by molar-refractivity contribution is 5.98. The van der Waals surface area contributed by atoms with Gasteiger partial charge in [-0.2, -0.15) is 0 Å². The summed E-state index contributed by atoms with van der Waals surface area (Å²) in [4.78, 5) is 107. The average molecular weight is 912 g/mol. The third-order valence-corrected chi connectivity index (χ3v) is 12.7. The van der Waals surface area contributed by atoms with Gasteiger partial charge in [0, 0.05) is 56.5 Å². The van der Waals surface area contributed by atoms with E-state index in [-0.39, 0.29) is 76.5 Å². The molecule has 2 aromatic carbocycles. The number of hydrogen-bond donors (Lipinski definition) is 10. The second kappa shape index (κ2) is 23.6. The van der Waals surface area contributed by atoms with Crippen molar-refractivity contribution in [3.05, 3.63) is 71.9 Å². The third kappa shape index (κ3) is 13.5. The zero-order chi connectivity index (χ0) is 47.2. The number of rotatable bonds is 13. The van der Waals surface area contributed by atoms with Crippen LogP contribution in [-0.2, 0) is 46.4 Å². The van der Waals surface area contributed by atoms with Gasteiger partial charge in [-0.1, -0.05) is 80.6 Å². The lowest BCUT2D eigenvalue weighted by molar-refractivity contribution is -0.144. The van der Waals surface area contributed by atoms with E-state index in [1.54, 1.807) is 18.3 Å². The summed E-state index contributed by atoms with van der Waals surface area (Å²) < 4.78 is 0. The normalized spacial score (nSPS) is 24.4. The number of para-hydroxylation sites is 1. The highest BCUT2D eigenvalue weighted by Gasteiger charge is 2.45. The number of H-pyrrole nitrogens is 1. The summed E-state index contributed by atoms with van der Waals surface area (Å²) in [6.07, 6.45) is 6.16. The lowest BCUT2D eigenvalue weighted by Gasteiger charge is -2.33. The number of aliphatic hydroxyl groups is 1. The number of amides is 7. The maximum Gasteiger partial charge on any atom is 0.246 e. The Hall–Kier alpha value is -6.50. The second-order valence-electron chi connectivity index (χ2n) is 17.7. The molecule has 2 saturated heterocycles. The fourth-order valence-electron chi connectivity index (χ4n) is 9.31. The van der Waals surface area contributed by atoms with Crippen LogP contribution in [0.25, 0.3) is 10.9 Å². The number of guanidine groups is 1. The molecule has 1 saturated carbocycles. The molecule has 356 valence electrons. The van der Waals surface area contributed by atoms with E-state index in [1.165, 1.54) is 11.8 Å². The van der Waals surface area contributed by atoms with Crippen molar-refractivity contribution in [2.75, 3.05) is 19.6 Å². The van der Waals surface area contributed by atoms with Gasteiger partial charge in [0.2, 0.25) is 41.4 Å². The first-order chi connectivity index (χ1) is 31.8. The molecule has 1 aromatic heterocycles. The number of aliphatic hydroxyl groups excluding tert-OH is 1. The van der Waals surface area contributed by atoms with Crippen LogP contribution in [0.15, 0.2) is 65.8 Å². The molecule has 19 heteroatoms. The molecule has 2 aliphatic heterocycles. The van der Waals surface area contributed by atoms with Gasteiger partial charge in [0.15, 0.2) is 5.96 Å². The van der Waals surface area contributed by atoms with Crippen molar-refractivity contribution in [1.29, 1.82) is 0 Å². The van der Waals surface area contributed by atoms with Crippen molar-refractivity contribution in [3.8, 4) is 0 Å². The van der Waals surface area contributed by atoms with E-state index in [1.807, 2.05) is 42.5 Å². The summed E-state index contributed by atoms with van der Waals surface area (Å²) in [5.74, 6) is -4.35. The smallest absolute Gasteiger partial charge is 0.246 e. The molecule has 0 spiro atoms.